The zero-order valence-electron chi connectivity index (χ0n) is 10.1. The fraction of sp³-hybridized carbons (Fsp3) is 0.800. The van der Waals surface area contributed by atoms with E-state index in [1.807, 2.05) is 0 Å². The van der Waals surface area contributed by atoms with Gasteiger partial charge in [-0.05, 0) is 19.4 Å². The summed E-state index contributed by atoms with van der Waals surface area (Å²) in [6.07, 6.45) is -2.32. The van der Waals surface area contributed by atoms with Crippen molar-refractivity contribution in [1.82, 2.24) is 20.3 Å². The van der Waals surface area contributed by atoms with Gasteiger partial charge in [0.15, 0.2) is 0 Å². The van der Waals surface area contributed by atoms with Crippen LogP contribution in [0, 0.1) is 0 Å². The van der Waals surface area contributed by atoms with Crippen LogP contribution in [-0.4, -0.2) is 34.3 Å². The first-order valence-electron chi connectivity index (χ1n) is 5.88. The third-order valence-electron chi connectivity index (χ3n) is 2.38. The minimum atomic E-state index is -4.04. The van der Waals surface area contributed by atoms with E-state index in [1.54, 1.807) is 10.9 Å². The first-order valence-corrected chi connectivity index (χ1v) is 5.88. The van der Waals surface area contributed by atoms with Gasteiger partial charge in [-0.15, -0.1) is 5.10 Å². The second-order valence-electron chi connectivity index (χ2n) is 4.00. The molecule has 0 aliphatic carbocycles. The van der Waals surface area contributed by atoms with E-state index >= 15 is 0 Å². The quantitative estimate of drug-likeness (QED) is 0.690. The van der Waals surface area contributed by atoms with Crippen LogP contribution in [0.3, 0.4) is 0 Å². The molecule has 0 saturated carbocycles. The molecule has 0 bridgehead atoms. The van der Waals surface area contributed by atoms with Crippen molar-refractivity contribution in [2.45, 2.75) is 38.5 Å². The third kappa shape index (κ3) is 6.55. The summed E-state index contributed by atoms with van der Waals surface area (Å²) in [6.45, 7) is 2.21. The second-order valence-corrected chi connectivity index (χ2v) is 4.00. The predicted octanol–water partition coefficient (Wildman–Crippen LogP) is 1.06. The molecule has 0 fully saturated rings. The van der Waals surface area contributed by atoms with Crippen LogP contribution >= 0.6 is 0 Å². The molecule has 1 aromatic heterocycles. The summed E-state index contributed by atoms with van der Waals surface area (Å²) in [5.41, 5.74) is 6.11. The highest BCUT2D eigenvalue weighted by molar-refractivity contribution is 4.90. The zero-order chi connectivity index (χ0) is 13.4. The normalized spacial score (nSPS) is 12.0. The van der Waals surface area contributed by atoms with Gasteiger partial charge in [-0.3, -0.25) is 4.68 Å². The smallest absolute Gasteiger partial charge is 0.325 e. The lowest BCUT2D eigenvalue weighted by Gasteiger charge is -2.06. The molecule has 18 heavy (non-hydrogen) atoms. The van der Waals surface area contributed by atoms with Gasteiger partial charge in [-0.25, -0.2) is 0 Å². The number of alkyl halides is 3. The molecule has 0 amide bonds. The fourth-order valence-corrected chi connectivity index (χ4v) is 1.44. The van der Waals surface area contributed by atoms with Gasteiger partial charge in [0.2, 0.25) is 0 Å². The maximum Gasteiger partial charge on any atom is 0.389 e. The van der Waals surface area contributed by atoms with Gasteiger partial charge in [-0.1, -0.05) is 5.21 Å². The molecule has 8 heteroatoms. The van der Waals surface area contributed by atoms with Crippen LogP contribution in [0.4, 0.5) is 13.2 Å². The molecule has 1 rings (SSSR count). The SMILES string of the molecule is NCc1cn(CCNCCCCC(F)(F)F)nn1. The monoisotopic (exact) mass is 265 g/mol. The van der Waals surface area contributed by atoms with Gasteiger partial charge in [0.05, 0.1) is 12.2 Å². The van der Waals surface area contributed by atoms with E-state index in [0.29, 0.717) is 32.6 Å². The first kappa shape index (κ1) is 14.9. The van der Waals surface area contributed by atoms with Crippen molar-refractivity contribution in [3.63, 3.8) is 0 Å². The molecule has 0 unspecified atom stereocenters. The van der Waals surface area contributed by atoms with Crippen LogP contribution in [0.1, 0.15) is 25.0 Å². The van der Waals surface area contributed by atoms with Crippen molar-refractivity contribution >= 4 is 0 Å². The van der Waals surface area contributed by atoms with Crippen LogP contribution in [0.5, 0.6) is 0 Å². The van der Waals surface area contributed by atoms with Gasteiger partial charge >= 0.3 is 6.18 Å². The van der Waals surface area contributed by atoms with Gasteiger partial charge in [0, 0.05) is 25.7 Å². The molecular formula is C10H18F3N5. The topological polar surface area (TPSA) is 68.8 Å². The predicted molar refractivity (Wildman–Crippen MR) is 60.7 cm³/mol. The van der Waals surface area contributed by atoms with Crippen LogP contribution in [0.15, 0.2) is 6.20 Å². The maximum absolute atomic E-state index is 11.8. The number of hydrogen-bond acceptors (Lipinski definition) is 4. The lowest BCUT2D eigenvalue weighted by atomic mass is 10.2. The maximum atomic E-state index is 11.8. The number of unbranched alkanes of at least 4 members (excludes halogenated alkanes) is 1. The Bertz CT molecular complexity index is 336. The second kappa shape index (κ2) is 7.32. The van der Waals surface area contributed by atoms with Gasteiger partial charge in [0.1, 0.15) is 0 Å². The molecule has 0 radical (unpaired) electrons. The number of halogens is 3. The van der Waals surface area contributed by atoms with E-state index in [0.717, 1.165) is 5.69 Å². The molecule has 1 aromatic rings. The summed E-state index contributed by atoms with van der Waals surface area (Å²) in [5.74, 6) is 0. The standard InChI is InChI=1S/C10H18F3N5/c11-10(12,13)3-1-2-4-15-5-6-18-8-9(7-14)16-17-18/h8,15H,1-7,14H2. The third-order valence-corrected chi connectivity index (χ3v) is 2.38. The van der Waals surface area contributed by atoms with Gasteiger partial charge in [-0.2, -0.15) is 13.2 Å². The average Bonchev–Trinajstić information content (AvgIpc) is 2.74. The van der Waals surface area contributed by atoms with E-state index in [-0.39, 0.29) is 6.42 Å². The number of nitrogens with two attached hydrogens (primary N) is 1. The Balaban J connectivity index is 1.99. The molecule has 0 atom stereocenters. The largest absolute Gasteiger partial charge is 0.389 e. The molecule has 104 valence electrons. The van der Waals surface area contributed by atoms with Crippen molar-refractivity contribution in [2.24, 2.45) is 5.73 Å². The Morgan fingerprint density at radius 3 is 2.67 bits per heavy atom. The Labute approximate surface area is 104 Å². The molecule has 0 aromatic carbocycles. The number of rotatable bonds is 8. The molecule has 0 aliphatic heterocycles. The summed E-state index contributed by atoms with van der Waals surface area (Å²) < 4.78 is 37.2. The van der Waals surface area contributed by atoms with Crippen LogP contribution in [-0.2, 0) is 13.1 Å². The van der Waals surface area contributed by atoms with Gasteiger partial charge in [0.25, 0.3) is 0 Å². The summed E-state index contributed by atoms with van der Waals surface area (Å²) in [5, 5.41) is 10.7. The summed E-state index contributed by atoms with van der Waals surface area (Å²) >= 11 is 0. The molecule has 0 aliphatic rings. The fourth-order valence-electron chi connectivity index (χ4n) is 1.44. The van der Waals surface area contributed by atoms with Crippen LogP contribution < -0.4 is 11.1 Å². The molecule has 0 saturated heterocycles. The highest BCUT2D eigenvalue weighted by Crippen LogP contribution is 2.21. The lowest BCUT2D eigenvalue weighted by Crippen LogP contribution is -2.21. The Kier molecular flexibility index (Phi) is 6.06. The van der Waals surface area contributed by atoms with Crippen molar-refractivity contribution in [3.8, 4) is 0 Å². The average molecular weight is 265 g/mol. The first-order chi connectivity index (χ1) is 8.51. The molecule has 5 nitrogen and oxygen atoms in total. The molecule has 1 heterocycles. The number of nitrogens with one attached hydrogen (secondary N) is 1. The van der Waals surface area contributed by atoms with E-state index in [9.17, 15) is 13.2 Å². The molecule has 0 spiro atoms. The Morgan fingerprint density at radius 2 is 2.06 bits per heavy atom. The van der Waals surface area contributed by atoms with Crippen LogP contribution in [0.25, 0.3) is 0 Å². The van der Waals surface area contributed by atoms with Crippen LogP contribution in [0.2, 0.25) is 0 Å². The number of nitrogens with zero attached hydrogens (tertiary/aromatic N) is 3. The van der Waals surface area contributed by atoms with E-state index < -0.39 is 12.6 Å². The summed E-state index contributed by atoms with van der Waals surface area (Å²) in [6, 6.07) is 0. The summed E-state index contributed by atoms with van der Waals surface area (Å²) in [4.78, 5) is 0. The highest BCUT2D eigenvalue weighted by Gasteiger charge is 2.25. The van der Waals surface area contributed by atoms with Gasteiger partial charge < -0.3 is 11.1 Å². The highest BCUT2D eigenvalue weighted by atomic mass is 19.4. The van der Waals surface area contributed by atoms with E-state index in [2.05, 4.69) is 15.6 Å². The summed E-state index contributed by atoms with van der Waals surface area (Å²) in [7, 11) is 0. The van der Waals surface area contributed by atoms with Crippen molar-refractivity contribution in [3.05, 3.63) is 11.9 Å². The minimum Gasteiger partial charge on any atom is -0.325 e. The molecule has 3 N–H and O–H groups in total. The van der Waals surface area contributed by atoms with Crippen molar-refractivity contribution in [2.75, 3.05) is 13.1 Å². The van der Waals surface area contributed by atoms with E-state index in [4.69, 9.17) is 5.73 Å². The van der Waals surface area contributed by atoms with Crippen molar-refractivity contribution < 1.29 is 13.2 Å². The van der Waals surface area contributed by atoms with Crippen molar-refractivity contribution in [1.29, 1.82) is 0 Å². The minimum absolute atomic E-state index is 0.164. The number of hydrogen-bond donors (Lipinski definition) is 2. The Morgan fingerprint density at radius 1 is 1.28 bits per heavy atom. The molecular weight excluding hydrogens is 247 g/mol. The zero-order valence-corrected chi connectivity index (χ0v) is 10.1. The van der Waals surface area contributed by atoms with E-state index in [1.165, 1.54) is 0 Å². The Hall–Kier alpha value is -1.15. The number of aromatic nitrogens is 3. The lowest BCUT2D eigenvalue weighted by molar-refractivity contribution is -0.135.